The lowest BCUT2D eigenvalue weighted by Crippen LogP contribution is -2.52. The maximum atomic E-state index is 13.0. The predicted octanol–water partition coefficient (Wildman–Crippen LogP) is 3.07. The van der Waals surface area contributed by atoms with Gasteiger partial charge in [0.1, 0.15) is 17.0 Å². The first-order chi connectivity index (χ1) is 14.8. The number of aromatic nitrogens is 4. The highest BCUT2D eigenvalue weighted by molar-refractivity contribution is 6.00. The predicted molar refractivity (Wildman–Crippen MR) is 114 cm³/mol. The Morgan fingerprint density at radius 2 is 1.94 bits per heavy atom. The number of aryl methyl sites for hydroxylation is 2. The molecule has 1 N–H and O–H groups in total. The van der Waals surface area contributed by atoms with Crippen LogP contribution in [0.1, 0.15) is 51.4 Å². The Morgan fingerprint density at radius 3 is 2.65 bits per heavy atom. The molecule has 160 valence electrons. The van der Waals surface area contributed by atoms with E-state index in [1.54, 1.807) is 21.8 Å². The second-order valence-electron chi connectivity index (χ2n) is 8.61. The van der Waals surface area contributed by atoms with E-state index in [4.69, 9.17) is 4.74 Å². The maximum Gasteiger partial charge on any atom is 0.271 e. The van der Waals surface area contributed by atoms with Gasteiger partial charge in [-0.2, -0.15) is 10.2 Å². The van der Waals surface area contributed by atoms with Crippen LogP contribution in [0.25, 0.3) is 11.3 Å². The number of nitrogens with one attached hydrogen (secondary N) is 1. The summed E-state index contributed by atoms with van der Waals surface area (Å²) in [5.41, 5.74) is 4.24. The topological polar surface area (TPSA) is 93.1 Å². The third-order valence-electron chi connectivity index (χ3n) is 6.53. The first kappa shape index (κ1) is 19.5. The van der Waals surface area contributed by atoms with Crippen LogP contribution in [0, 0.1) is 13.8 Å². The molecule has 1 fully saturated rings. The molecule has 0 saturated carbocycles. The molecule has 0 bridgehead atoms. The number of Topliss-reactive ketones (excluding diaryl/α,β-unsaturated/α-hetero) is 1. The van der Waals surface area contributed by atoms with E-state index in [9.17, 15) is 9.59 Å². The number of piperidine rings is 1. The normalized spacial score (nSPS) is 17.5. The number of benzene rings is 1. The van der Waals surface area contributed by atoms with E-state index in [1.165, 1.54) is 0 Å². The standard InChI is InChI=1S/C23H25N5O3/c1-14-4-5-21-16(10-14)20(29)12-23(31-21)6-8-28(9-7-23)22(30)19-11-18(25-26-19)17-13-24-27(3)15(17)2/h4-5,10-11,13H,6-9,12H2,1-3H3,(H,25,26). The fourth-order valence-corrected chi connectivity index (χ4v) is 4.49. The lowest BCUT2D eigenvalue weighted by atomic mass is 9.82. The van der Waals surface area contributed by atoms with Gasteiger partial charge in [-0.3, -0.25) is 19.4 Å². The van der Waals surface area contributed by atoms with Crippen molar-refractivity contribution >= 4 is 11.7 Å². The Bertz CT molecular complexity index is 1180. The molecule has 8 heteroatoms. The smallest absolute Gasteiger partial charge is 0.271 e. The average Bonchev–Trinajstić information content (AvgIpc) is 3.36. The van der Waals surface area contributed by atoms with Gasteiger partial charge < -0.3 is 9.64 Å². The molecule has 2 aliphatic rings. The lowest BCUT2D eigenvalue weighted by Gasteiger charge is -2.43. The third-order valence-corrected chi connectivity index (χ3v) is 6.53. The monoisotopic (exact) mass is 419 g/mol. The zero-order valence-electron chi connectivity index (χ0n) is 17.9. The van der Waals surface area contributed by atoms with Gasteiger partial charge >= 0.3 is 0 Å². The fraction of sp³-hybridized carbons (Fsp3) is 0.391. The number of ketones is 1. The molecule has 0 radical (unpaired) electrons. The molecule has 1 aromatic carbocycles. The van der Waals surface area contributed by atoms with Crippen LogP contribution in [-0.2, 0) is 7.05 Å². The number of aromatic amines is 1. The summed E-state index contributed by atoms with van der Waals surface area (Å²) in [5.74, 6) is 0.690. The first-order valence-corrected chi connectivity index (χ1v) is 10.5. The van der Waals surface area contributed by atoms with Crippen molar-refractivity contribution in [1.82, 2.24) is 24.9 Å². The number of carbonyl (C=O) groups excluding carboxylic acids is 2. The molecule has 0 unspecified atom stereocenters. The van der Waals surface area contributed by atoms with Gasteiger partial charge in [0.2, 0.25) is 0 Å². The lowest BCUT2D eigenvalue weighted by molar-refractivity contribution is -0.00586. The van der Waals surface area contributed by atoms with Crippen LogP contribution in [0.4, 0.5) is 0 Å². The highest BCUT2D eigenvalue weighted by atomic mass is 16.5. The number of rotatable bonds is 2. The highest BCUT2D eigenvalue weighted by Crippen LogP contribution is 2.39. The Hall–Kier alpha value is -3.42. The van der Waals surface area contributed by atoms with E-state index in [0.29, 0.717) is 55.1 Å². The van der Waals surface area contributed by atoms with Crippen molar-refractivity contribution in [3.63, 3.8) is 0 Å². The molecule has 1 amide bonds. The molecule has 5 rings (SSSR count). The highest BCUT2D eigenvalue weighted by Gasteiger charge is 2.43. The molecule has 0 aliphatic carbocycles. The summed E-state index contributed by atoms with van der Waals surface area (Å²) in [6.07, 6.45) is 3.36. The zero-order valence-corrected chi connectivity index (χ0v) is 17.9. The number of hydrogen-bond donors (Lipinski definition) is 1. The number of carbonyl (C=O) groups is 2. The Balaban J connectivity index is 1.29. The Morgan fingerprint density at radius 1 is 1.16 bits per heavy atom. The van der Waals surface area contributed by atoms with E-state index >= 15 is 0 Å². The molecule has 1 spiro atoms. The van der Waals surface area contributed by atoms with Crippen LogP contribution < -0.4 is 4.74 Å². The molecule has 2 aromatic heterocycles. The van der Waals surface area contributed by atoms with Gasteiger partial charge in [-0.1, -0.05) is 11.6 Å². The first-order valence-electron chi connectivity index (χ1n) is 10.5. The molecule has 1 saturated heterocycles. The number of ether oxygens (including phenoxy) is 1. The average molecular weight is 419 g/mol. The van der Waals surface area contributed by atoms with Crippen LogP contribution in [0.3, 0.4) is 0 Å². The van der Waals surface area contributed by atoms with Crippen molar-refractivity contribution in [3.05, 3.63) is 53.0 Å². The molecular weight excluding hydrogens is 394 g/mol. The van der Waals surface area contributed by atoms with Gasteiger partial charge in [0.15, 0.2) is 5.78 Å². The largest absolute Gasteiger partial charge is 0.486 e. The Labute approximate surface area is 180 Å². The minimum absolute atomic E-state index is 0.0895. The molecule has 3 aromatic rings. The van der Waals surface area contributed by atoms with E-state index in [-0.39, 0.29) is 11.7 Å². The van der Waals surface area contributed by atoms with Crippen molar-refractivity contribution in [1.29, 1.82) is 0 Å². The van der Waals surface area contributed by atoms with E-state index in [0.717, 1.165) is 16.8 Å². The third kappa shape index (κ3) is 3.32. The second kappa shape index (κ2) is 7.08. The van der Waals surface area contributed by atoms with E-state index < -0.39 is 5.60 Å². The van der Waals surface area contributed by atoms with Crippen LogP contribution in [-0.4, -0.2) is 55.3 Å². The summed E-state index contributed by atoms with van der Waals surface area (Å²) in [6, 6.07) is 7.51. The maximum absolute atomic E-state index is 13.0. The van der Waals surface area contributed by atoms with Gasteiger partial charge in [0.05, 0.1) is 23.9 Å². The number of amides is 1. The number of likely N-dealkylation sites (tertiary alicyclic amines) is 1. The van der Waals surface area contributed by atoms with Gasteiger partial charge in [0, 0.05) is 44.2 Å². The summed E-state index contributed by atoms with van der Waals surface area (Å²) in [4.78, 5) is 27.6. The minimum atomic E-state index is -0.526. The van der Waals surface area contributed by atoms with E-state index in [2.05, 4.69) is 15.3 Å². The number of H-pyrrole nitrogens is 1. The number of fused-ring (bicyclic) bond motifs is 1. The SMILES string of the molecule is Cc1ccc2c(c1)C(=O)CC1(CCN(C(=O)c3cc(-c4cnn(C)c4C)n[nH]3)CC1)O2. The molecule has 4 heterocycles. The Kier molecular flexibility index (Phi) is 4.46. The van der Waals surface area contributed by atoms with Crippen LogP contribution in [0.5, 0.6) is 5.75 Å². The van der Waals surface area contributed by atoms with Crippen LogP contribution in [0.15, 0.2) is 30.5 Å². The quantitative estimate of drug-likeness (QED) is 0.689. The minimum Gasteiger partial charge on any atom is -0.486 e. The summed E-state index contributed by atoms with van der Waals surface area (Å²) in [6.45, 7) is 5.01. The van der Waals surface area contributed by atoms with Gasteiger partial charge in [-0.15, -0.1) is 0 Å². The molecule has 8 nitrogen and oxygen atoms in total. The van der Waals surface area contributed by atoms with Crippen LogP contribution >= 0.6 is 0 Å². The van der Waals surface area contributed by atoms with Gasteiger partial charge in [-0.05, 0) is 32.0 Å². The van der Waals surface area contributed by atoms with Crippen molar-refractivity contribution in [2.24, 2.45) is 7.05 Å². The van der Waals surface area contributed by atoms with Crippen molar-refractivity contribution in [2.75, 3.05) is 13.1 Å². The van der Waals surface area contributed by atoms with Crippen molar-refractivity contribution in [3.8, 4) is 17.0 Å². The summed E-state index contributed by atoms with van der Waals surface area (Å²) in [7, 11) is 1.87. The van der Waals surface area contributed by atoms with Crippen molar-refractivity contribution < 1.29 is 14.3 Å². The summed E-state index contributed by atoms with van der Waals surface area (Å²) < 4.78 is 8.09. The number of nitrogens with zero attached hydrogens (tertiary/aromatic N) is 4. The van der Waals surface area contributed by atoms with E-state index in [1.807, 2.05) is 39.1 Å². The zero-order chi connectivity index (χ0) is 21.8. The van der Waals surface area contributed by atoms with Crippen LogP contribution in [0.2, 0.25) is 0 Å². The summed E-state index contributed by atoms with van der Waals surface area (Å²) >= 11 is 0. The molecule has 2 aliphatic heterocycles. The summed E-state index contributed by atoms with van der Waals surface area (Å²) in [5, 5.41) is 11.4. The fourth-order valence-electron chi connectivity index (χ4n) is 4.49. The molecular formula is C23H25N5O3. The van der Waals surface area contributed by atoms with Crippen molar-refractivity contribution in [2.45, 2.75) is 38.7 Å². The van der Waals surface area contributed by atoms with Gasteiger partial charge in [-0.25, -0.2) is 0 Å². The molecule has 0 atom stereocenters. The number of hydrogen-bond acceptors (Lipinski definition) is 5. The molecule has 31 heavy (non-hydrogen) atoms. The second-order valence-corrected chi connectivity index (χ2v) is 8.61. The van der Waals surface area contributed by atoms with Gasteiger partial charge in [0.25, 0.3) is 5.91 Å².